The molecule has 0 radical (unpaired) electrons. The summed E-state index contributed by atoms with van der Waals surface area (Å²) in [5.41, 5.74) is 4.46. The van der Waals surface area contributed by atoms with Gasteiger partial charge < -0.3 is 9.84 Å². The Balaban J connectivity index is 2.20. The number of terminal acetylenes is 1. The average Bonchev–Trinajstić information content (AvgIpc) is 2.57. The van der Waals surface area contributed by atoms with Crippen molar-refractivity contribution in [2.24, 2.45) is 0 Å². The van der Waals surface area contributed by atoms with Crippen LogP contribution in [0.5, 0.6) is 5.75 Å². The minimum absolute atomic E-state index is 0.0281. The van der Waals surface area contributed by atoms with Gasteiger partial charge in [-0.1, -0.05) is 44.9 Å². The largest absolute Gasteiger partial charge is 0.488 e. The molecule has 2 aromatic rings. The van der Waals surface area contributed by atoms with Gasteiger partial charge in [0.25, 0.3) is 0 Å². The summed E-state index contributed by atoms with van der Waals surface area (Å²) < 4.78 is 6.27. The van der Waals surface area contributed by atoms with Gasteiger partial charge in [0, 0.05) is 5.56 Å². The third kappa shape index (κ3) is 3.32. The van der Waals surface area contributed by atoms with E-state index in [-0.39, 0.29) is 16.6 Å². The lowest BCUT2D eigenvalue weighted by Gasteiger charge is -2.42. The van der Waals surface area contributed by atoms with E-state index in [1.807, 2.05) is 13.0 Å². The topological polar surface area (TPSA) is 46.5 Å². The SMILES string of the molecule is C#Cc1c(C(=O)O)ccc(-c2ccc3c(c2)OC(C)(C)CC3(C)C)c1CC. The van der Waals surface area contributed by atoms with Crippen LogP contribution in [0.25, 0.3) is 11.1 Å². The number of aromatic carboxylic acids is 1. The number of ether oxygens (including phenoxy) is 1. The Hall–Kier alpha value is -2.73. The summed E-state index contributed by atoms with van der Waals surface area (Å²) in [5.74, 6) is 2.47. The molecule has 2 aromatic carbocycles. The van der Waals surface area contributed by atoms with Crippen LogP contribution >= 0.6 is 0 Å². The predicted octanol–water partition coefficient (Wildman–Crippen LogP) is 5.43. The van der Waals surface area contributed by atoms with Gasteiger partial charge in [0.2, 0.25) is 0 Å². The summed E-state index contributed by atoms with van der Waals surface area (Å²) in [6, 6.07) is 9.72. The van der Waals surface area contributed by atoms with Crippen LogP contribution in [0.2, 0.25) is 0 Å². The van der Waals surface area contributed by atoms with Crippen molar-refractivity contribution in [1.29, 1.82) is 0 Å². The van der Waals surface area contributed by atoms with E-state index in [0.29, 0.717) is 12.0 Å². The van der Waals surface area contributed by atoms with Crippen molar-refractivity contribution >= 4 is 5.97 Å². The first-order valence-electron chi connectivity index (χ1n) is 9.29. The van der Waals surface area contributed by atoms with Crippen molar-refractivity contribution in [3.8, 4) is 29.2 Å². The maximum Gasteiger partial charge on any atom is 0.336 e. The van der Waals surface area contributed by atoms with Gasteiger partial charge in [0.1, 0.15) is 11.4 Å². The third-order valence-corrected chi connectivity index (χ3v) is 5.32. The molecule has 0 aliphatic carbocycles. The van der Waals surface area contributed by atoms with Crippen molar-refractivity contribution in [3.05, 3.63) is 52.6 Å². The fourth-order valence-corrected chi connectivity index (χ4v) is 4.46. The highest BCUT2D eigenvalue weighted by atomic mass is 16.5. The molecule has 1 heterocycles. The first kappa shape index (κ1) is 19.0. The molecule has 0 saturated carbocycles. The van der Waals surface area contributed by atoms with E-state index < -0.39 is 5.97 Å². The smallest absolute Gasteiger partial charge is 0.336 e. The Bertz CT molecular complexity index is 958. The molecule has 1 N–H and O–H groups in total. The van der Waals surface area contributed by atoms with Gasteiger partial charge in [-0.25, -0.2) is 4.79 Å². The van der Waals surface area contributed by atoms with Crippen LogP contribution in [-0.4, -0.2) is 16.7 Å². The summed E-state index contributed by atoms with van der Waals surface area (Å²) in [6.07, 6.45) is 7.26. The number of hydrogen-bond donors (Lipinski definition) is 1. The second kappa shape index (κ2) is 6.46. The molecule has 140 valence electrons. The van der Waals surface area contributed by atoms with E-state index in [1.54, 1.807) is 6.07 Å². The maximum absolute atomic E-state index is 11.5. The molecule has 0 saturated heterocycles. The molecular formula is C24H26O3. The van der Waals surface area contributed by atoms with Crippen molar-refractivity contribution in [2.75, 3.05) is 0 Å². The molecular weight excluding hydrogens is 336 g/mol. The van der Waals surface area contributed by atoms with Crippen LogP contribution in [0, 0.1) is 12.3 Å². The molecule has 27 heavy (non-hydrogen) atoms. The van der Waals surface area contributed by atoms with Gasteiger partial charge in [-0.2, -0.15) is 0 Å². The van der Waals surface area contributed by atoms with E-state index in [9.17, 15) is 9.90 Å². The van der Waals surface area contributed by atoms with Crippen molar-refractivity contribution in [2.45, 2.75) is 58.5 Å². The summed E-state index contributed by atoms with van der Waals surface area (Å²) in [6.45, 7) is 10.7. The average molecular weight is 362 g/mol. The lowest BCUT2D eigenvalue weighted by molar-refractivity contribution is 0.0534. The zero-order valence-corrected chi connectivity index (χ0v) is 16.6. The van der Waals surface area contributed by atoms with Crippen LogP contribution in [0.4, 0.5) is 0 Å². The summed E-state index contributed by atoms with van der Waals surface area (Å²) in [4.78, 5) is 11.5. The normalized spacial score (nSPS) is 16.7. The summed E-state index contributed by atoms with van der Waals surface area (Å²) >= 11 is 0. The Morgan fingerprint density at radius 1 is 1.22 bits per heavy atom. The Morgan fingerprint density at radius 2 is 1.93 bits per heavy atom. The fraction of sp³-hybridized carbons (Fsp3) is 0.375. The van der Waals surface area contributed by atoms with E-state index in [4.69, 9.17) is 11.2 Å². The van der Waals surface area contributed by atoms with Gasteiger partial charge >= 0.3 is 5.97 Å². The minimum Gasteiger partial charge on any atom is -0.488 e. The molecule has 3 nitrogen and oxygen atoms in total. The maximum atomic E-state index is 11.5. The highest BCUT2D eigenvalue weighted by molar-refractivity contribution is 5.93. The van der Waals surface area contributed by atoms with E-state index in [1.165, 1.54) is 5.56 Å². The molecule has 1 aliphatic heterocycles. The van der Waals surface area contributed by atoms with Crippen molar-refractivity contribution < 1.29 is 14.6 Å². The van der Waals surface area contributed by atoms with Gasteiger partial charge in [0.15, 0.2) is 0 Å². The zero-order chi connectivity index (χ0) is 20.0. The number of carboxylic acids is 1. The van der Waals surface area contributed by atoms with Crippen LogP contribution in [0.3, 0.4) is 0 Å². The van der Waals surface area contributed by atoms with E-state index >= 15 is 0 Å². The molecule has 0 fully saturated rings. The number of benzene rings is 2. The van der Waals surface area contributed by atoms with E-state index in [0.717, 1.165) is 28.9 Å². The van der Waals surface area contributed by atoms with Crippen molar-refractivity contribution in [3.63, 3.8) is 0 Å². The second-order valence-electron chi connectivity index (χ2n) is 8.45. The molecule has 0 bridgehead atoms. The zero-order valence-electron chi connectivity index (χ0n) is 16.6. The lowest BCUT2D eigenvalue weighted by atomic mass is 9.73. The first-order valence-corrected chi connectivity index (χ1v) is 9.29. The van der Waals surface area contributed by atoms with Crippen LogP contribution in [0.15, 0.2) is 30.3 Å². The highest BCUT2D eigenvalue weighted by Crippen LogP contribution is 2.46. The highest BCUT2D eigenvalue weighted by Gasteiger charge is 2.39. The Labute approximate surface area is 161 Å². The van der Waals surface area contributed by atoms with Crippen LogP contribution in [0.1, 0.15) is 68.1 Å². The molecule has 3 rings (SSSR count). The third-order valence-electron chi connectivity index (χ3n) is 5.32. The molecule has 0 spiro atoms. The first-order chi connectivity index (χ1) is 12.6. The number of carboxylic acid groups (broad SMARTS) is 1. The fourth-order valence-electron chi connectivity index (χ4n) is 4.46. The monoisotopic (exact) mass is 362 g/mol. The Morgan fingerprint density at radius 3 is 2.52 bits per heavy atom. The molecule has 0 aromatic heterocycles. The molecule has 3 heteroatoms. The summed E-state index contributed by atoms with van der Waals surface area (Å²) in [7, 11) is 0. The number of fused-ring (bicyclic) bond motifs is 1. The molecule has 0 atom stereocenters. The van der Waals surface area contributed by atoms with Crippen LogP contribution in [-0.2, 0) is 11.8 Å². The van der Waals surface area contributed by atoms with E-state index in [2.05, 4.69) is 51.8 Å². The standard InChI is InChI=1S/C24H26O3/c1-7-16-17(8-2)19(22(25)26)11-10-18(16)15-9-12-20-21(13-15)27-24(5,6)14-23(20,3)4/h2,9-13H,7,14H2,1,3-6H3,(H,25,26). The number of carbonyl (C=O) groups is 1. The minimum atomic E-state index is -0.999. The molecule has 1 aliphatic rings. The number of rotatable bonds is 3. The summed E-state index contributed by atoms with van der Waals surface area (Å²) in [5, 5.41) is 9.44. The van der Waals surface area contributed by atoms with Gasteiger partial charge in [-0.3, -0.25) is 0 Å². The van der Waals surface area contributed by atoms with Gasteiger partial charge in [-0.05, 0) is 66.5 Å². The van der Waals surface area contributed by atoms with Crippen LogP contribution < -0.4 is 4.74 Å². The lowest BCUT2D eigenvalue weighted by Crippen LogP contribution is -2.41. The molecule has 0 amide bonds. The molecule has 0 unspecified atom stereocenters. The van der Waals surface area contributed by atoms with Crippen molar-refractivity contribution in [1.82, 2.24) is 0 Å². The Kier molecular flexibility index (Phi) is 4.56. The van der Waals surface area contributed by atoms with Gasteiger partial charge in [-0.15, -0.1) is 6.42 Å². The number of hydrogen-bond acceptors (Lipinski definition) is 2. The second-order valence-corrected chi connectivity index (χ2v) is 8.45. The predicted molar refractivity (Wildman–Crippen MR) is 109 cm³/mol. The quantitative estimate of drug-likeness (QED) is 0.740. The van der Waals surface area contributed by atoms with Gasteiger partial charge in [0.05, 0.1) is 5.56 Å².